The lowest BCUT2D eigenvalue weighted by molar-refractivity contribution is 0.0442. The van der Waals surface area contributed by atoms with Crippen molar-refractivity contribution in [3.05, 3.63) is 0 Å². The van der Waals surface area contributed by atoms with Gasteiger partial charge in [-0.2, -0.15) is 0 Å². The van der Waals surface area contributed by atoms with Gasteiger partial charge in [-0.3, -0.25) is 0 Å². The van der Waals surface area contributed by atoms with E-state index in [9.17, 15) is 0 Å². The van der Waals surface area contributed by atoms with Crippen molar-refractivity contribution in [1.29, 1.82) is 0 Å². The maximum Gasteiger partial charge on any atom is 0.0571 e. The van der Waals surface area contributed by atoms with Gasteiger partial charge < -0.3 is 4.74 Å². The Morgan fingerprint density at radius 3 is 1.93 bits per heavy atom. The van der Waals surface area contributed by atoms with E-state index in [0.717, 1.165) is 11.8 Å². The molecule has 0 spiro atoms. The first kappa shape index (κ1) is 13.0. The van der Waals surface area contributed by atoms with Crippen molar-refractivity contribution in [3.8, 4) is 0 Å². The molecule has 1 rings (SSSR count). The minimum atomic E-state index is 0.560. The van der Waals surface area contributed by atoms with Crippen LogP contribution in [0, 0.1) is 11.8 Å². The summed E-state index contributed by atoms with van der Waals surface area (Å²) in [6.45, 7) is 4.65. The van der Waals surface area contributed by atoms with E-state index in [1.165, 1.54) is 51.4 Å². The zero-order valence-corrected chi connectivity index (χ0v) is 10.8. The Balaban J connectivity index is 2.34. The van der Waals surface area contributed by atoms with Crippen molar-refractivity contribution < 1.29 is 4.74 Å². The Labute approximate surface area is 95.6 Å². The molecule has 0 aliphatic heterocycles. The Bertz CT molecular complexity index is 141. The molecule has 1 aliphatic carbocycles. The van der Waals surface area contributed by atoms with Crippen molar-refractivity contribution in [2.24, 2.45) is 11.8 Å². The van der Waals surface area contributed by atoms with Gasteiger partial charge in [-0.25, -0.2) is 0 Å². The molecule has 15 heavy (non-hydrogen) atoms. The molecule has 0 radical (unpaired) electrons. The molecule has 0 aromatic heterocycles. The predicted octanol–water partition coefficient (Wildman–Crippen LogP) is 4.41. The molecule has 0 heterocycles. The van der Waals surface area contributed by atoms with E-state index in [1.807, 2.05) is 7.11 Å². The van der Waals surface area contributed by atoms with Gasteiger partial charge in [0.05, 0.1) is 6.10 Å². The molecule has 1 saturated carbocycles. The van der Waals surface area contributed by atoms with Crippen molar-refractivity contribution in [2.45, 2.75) is 71.3 Å². The van der Waals surface area contributed by atoms with Gasteiger partial charge >= 0.3 is 0 Å². The molecule has 0 N–H and O–H groups in total. The van der Waals surface area contributed by atoms with Gasteiger partial charge in [0.15, 0.2) is 0 Å². The highest BCUT2D eigenvalue weighted by Crippen LogP contribution is 2.35. The van der Waals surface area contributed by atoms with E-state index in [4.69, 9.17) is 4.74 Å². The fourth-order valence-electron chi connectivity index (χ4n) is 3.15. The van der Waals surface area contributed by atoms with Gasteiger partial charge in [0.25, 0.3) is 0 Å². The van der Waals surface area contributed by atoms with Gasteiger partial charge in [-0.05, 0) is 37.5 Å². The molecule has 1 nitrogen and oxygen atoms in total. The normalized spacial score (nSPS) is 27.2. The van der Waals surface area contributed by atoms with Gasteiger partial charge in [0.1, 0.15) is 0 Å². The van der Waals surface area contributed by atoms with Crippen LogP contribution in [0.25, 0.3) is 0 Å². The molecule has 0 amide bonds. The lowest BCUT2D eigenvalue weighted by Gasteiger charge is -2.33. The Morgan fingerprint density at radius 1 is 1.00 bits per heavy atom. The third kappa shape index (κ3) is 4.14. The van der Waals surface area contributed by atoms with Crippen molar-refractivity contribution in [3.63, 3.8) is 0 Å². The summed E-state index contributed by atoms with van der Waals surface area (Å²) in [5.74, 6) is 1.99. The highest BCUT2D eigenvalue weighted by atomic mass is 16.5. The molecule has 0 atom stereocenters. The van der Waals surface area contributed by atoms with Crippen LogP contribution in [0.5, 0.6) is 0 Å². The summed E-state index contributed by atoms with van der Waals surface area (Å²) in [6, 6.07) is 0. The molecule has 0 aromatic carbocycles. The van der Waals surface area contributed by atoms with Crippen LogP contribution in [0.2, 0.25) is 0 Å². The SMILES string of the molecule is CCCC(CCC)C1CCC(OC)CC1. The smallest absolute Gasteiger partial charge is 0.0571 e. The average Bonchev–Trinajstić information content (AvgIpc) is 2.29. The van der Waals surface area contributed by atoms with E-state index in [1.54, 1.807) is 0 Å². The Morgan fingerprint density at radius 2 is 1.53 bits per heavy atom. The lowest BCUT2D eigenvalue weighted by Crippen LogP contribution is -2.25. The number of hydrogen-bond acceptors (Lipinski definition) is 1. The zero-order chi connectivity index (χ0) is 11.1. The summed E-state index contributed by atoms with van der Waals surface area (Å²) in [7, 11) is 1.86. The largest absolute Gasteiger partial charge is 0.381 e. The monoisotopic (exact) mass is 212 g/mol. The maximum atomic E-state index is 5.44. The van der Waals surface area contributed by atoms with Crippen LogP contribution >= 0.6 is 0 Å². The fourth-order valence-corrected chi connectivity index (χ4v) is 3.15. The maximum absolute atomic E-state index is 5.44. The number of methoxy groups -OCH3 is 1. The summed E-state index contributed by atoms with van der Waals surface area (Å²) >= 11 is 0. The van der Waals surface area contributed by atoms with Crippen molar-refractivity contribution >= 4 is 0 Å². The third-order valence-corrected chi connectivity index (χ3v) is 4.04. The Kier molecular flexibility index (Phi) is 6.31. The van der Waals surface area contributed by atoms with Crippen LogP contribution in [0.4, 0.5) is 0 Å². The minimum absolute atomic E-state index is 0.560. The molecular formula is C14H28O. The molecule has 0 saturated heterocycles. The van der Waals surface area contributed by atoms with Crippen molar-refractivity contribution in [1.82, 2.24) is 0 Å². The molecular weight excluding hydrogens is 184 g/mol. The summed E-state index contributed by atoms with van der Waals surface area (Å²) in [5, 5.41) is 0. The Hall–Kier alpha value is -0.0400. The van der Waals surface area contributed by atoms with Crippen LogP contribution in [-0.2, 0) is 4.74 Å². The van der Waals surface area contributed by atoms with Gasteiger partial charge in [-0.1, -0.05) is 39.5 Å². The van der Waals surface area contributed by atoms with Crippen LogP contribution in [0.15, 0.2) is 0 Å². The average molecular weight is 212 g/mol. The van der Waals surface area contributed by atoms with Gasteiger partial charge in [0, 0.05) is 7.11 Å². The quantitative estimate of drug-likeness (QED) is 0.634. The van der Waals surface area contributed by atoms with Crippen LogP contribution in [-0.4, -0.2) is 13.2 Å². The lowest BCUT2D eigenvalue weighted by atomic mass is 9.75. The summed E-state index contributed by atoms with van der Waals surface area (Å²) in [4.78, 5) is 0. The number of ether oxygens (including phenoxy) is 1. The molecule has 0 aromatic rings. The topological polar surface area (TPSA) is 9.23 Å². The zero-order valence-electron chi connectivity index (χ0n) is 10.8. The second-order valence-electron chi connectivity index (χ2n) is 5.11. The summed E-state index contributed by atoms with van der Waals surface area (Å²) in [5.41, 5.74) is 0. The fraction of sp³-hybridized carbons (Fsp3) is 1.00. The van der Waals surface area contributed by atoms with Crippen LogP contribution in [0.1, 0.15) is 65.2 Å². The molecule has 1 heteroatoms. The molecule has 0 unspecified atom stereocenters. The highest BCUT2D eigenvalue weighted by molar-refractivity contribution is 4.77. The highest BCUT2D eigenvalue weighted by Gasteiger charge is 2.26. The first-order valence-electron chi connectivity index (χ1n) is 6.84. The minimum Gasteiger partial charge on any atom is -0.381 e. The van der Waals surface area contributed by atoms with Crippen LogP contribution in [0.3, 0.4) is 0 Å². The van der Waals surface area contributed by atoms with E-state index >= 15 is 0 Å². The standard InChI is InChI=1S/C14H28O/c1-4-6-12(7-5-2)13-8-10-14(15-3)11-9-13/h12-14H,4-11H2,1-3H3. The van der Waals surface area contributed by atoms with E-state index in [2.05, 4.69) is 13.8 Å². The van der Waals surface area contributed by atoms with Gasteiger partial charge in [-0.15, -0.1) is 0 Å². The molecule has 1 aliphatic rings. The predicted molar refractivity (Wildman–Crippen MR) is 66.1 cm³/mol. The first-order valence-corrected chi connectivity index (χ1v) is 6.84. The second kappa shape index (κ2) is 7.27. The van der Waals surface area contributed by atoms with Gasteiger partial charge in [0.2, 0.25) is 0 Å². The van der Waals surface area contributed by atoms with Crippen molar-refractivity contribution in [2.75, 3.05) is 7.11 Å². The summed E-state index contributed by atoms with van der Waals surface area (Å²) in [6.07, 6.45) is 11.6. The molecule has 90 valence electrons. The first-order chi connectivity index (χ1) is 7.31. The van der Waals surface area contributed by atoms with Crippen LogP contribution < -0.4 is 0 Å². The number of hydrogen-bond donors (Lipinski definition) is 0. The summed E-state index contributed by atoms with van der Waals surface area (Å²) < 4.78 is 5.44. The van der Waals surface area contributed by atoms with E-state index in [0.29, 0.717) is 6.10 Å². The third-order valence-electron chi connectivity index (χ3n) is 4.04. The second-order valence-corrected chi connectivity index (χ2v) is 5.11. The van der Waals surface area contributed by atoms with E-state index in [-0.39, 0.29) is 0 Å². The molecule has 1 fully saturated rings. The number of rotatable bonds is 6. The molecule has 0 bridgehead atoms. The van der Waals surface area contributed by atoms with E-state index < -0.39 is 0 Å².